The molecule has 3 aromatic rings. The molecule has 0 bridgehead atoms. The number of amides is 1. The molecule has 0 aliphatic carbocycles. The van der Waals surface area contributed by atoms with Crippen LogP contribution in [0.2, 0.25) is 0 Å². The number of aliphatic hydroxyl groups is 1. The highest BCUT2D eigenvalue weighted by Gasteiger charge is 2.29. The van der Waals surface area contributed by atoms with Crippen LogP contribution in [-0.4, -0.2) is 76.0 Å². The number of nitrogens with one attached hydrogen (secondary N) is 1. The SMILES string of the molecule is CC(C)c1ccc(OC[C@H]2CN(C)C(=O)O2)c2cnc(Nc3ccnc(N4CCC(C)(O)CC4)n3)cc12. The van der Waals surface area contributed by atoms with Crippen molar-refractivity contribution < 1.29 is 19.4 Å². The average Bonchev–Trinajstić information content (AvgIpc) is 3.19. The summed E-state index contributed by atoms with van der Waals surface area (Å²) in [6.07, 6.45) is 4.28. The van der Waals surface area contributed by atoms with Crippen molar-refractivity contribution in [3.05, 3.63) is 42.2 Å². The van der Waals surface area contributed by atoms with Crippen molar-refractivity contribution in [2.75, 3.05) is 43.5 Å². The van der Waals surface area contributed by atoms with Crippen LogP contribution < -0.4 is 15.0 Å². The Balaban J connectivity index is 1.36. The predicted molar refractivity (Wildman–Crippen MR) is 142 cm³/mol. The molecule has 1 aromatic carbocycles. The normalized spacial score (nSPS) is 19.4. The Morgan fingerprint density at radius 1 is 1.19 bits per heavy atom. The largest absolute Gasteiger partial charge is 0.489 e. The van der Waals surface area contributed by atoms with Gasteiger partial charge in [0.1, 0.15) is 24.0 Å². The van der Waals surface area contributed by atoms with Gasteiger partial charge in [0.2, 0.25) is 5.95 Å². The lowest BCUT2D eigenvalue weighted by atomic mass is 9.94. The van der Waals surface area contributed by atoms with Gasteiger partial charge in [-0.3, -0.25) is 0 Å². The van der Waals surface area contributed by atoms with Gasteiger partial charge in [-0.15, -0.1) is 0 Å². The minimum Gasteiger partial charge on any atom is -0.489 e. The molecule has 1 amide bonds. The zero-order valence-corrected chi connectivity index (χ0v) is 21.8. The fourth-order valence-electron chi connectivity index (χ4n) is 4.74. The standard InChI is InChI=1S/C27H34N6O4/c1-17(2)19-5-6-22(36-16-18-15-32(4)26(34)37-18)21-14-29-24(13-20(19)21)30-23-7-10-28-25(31-23)33-11-8-27(3,35)9-12-33/h5-7,10,13-14,17-18,35H,8-9,11-12,15-16H2,1-4H3,(H,28,29,30,31)/t18-/m1/s1. The minimum absolute atomic E-state index is 0.280. The van der Waals surface area contributed by atoms with Gasteiger partial charge in [-0.25, -0.2) is 14.8 Å². The summed E-state index contributed by atoms with van der Waals surface area (Å²) in [6.45, 7) is 8.39. The van der Waals surface area contributed by atoms with E-state index in [0.717, 1.165) is 10.8 Å². The van der Waals surface area contributed by atoms with Crippen LogP contribution >= 0.6 is 0 Å². The fraction of sp³-hybridized carbons (Fsp3) is 0.481. The van der Waals surface area contributed by atoms with E-state index in [2.05, 4.69) is 40.1 Å². The molecule has 2 aliphatic heterocycles. The van der Waals surface area contributed by atoms with Gasteiger partial charge in [-0.2, -0.15) is 4.98 Å². The van der Waals surface area contributed by atoms with E-state index in [-0.39, 0.29) is 18.8 Å². The van der Waals surface area contributed by atoms with Gasteiger partial charge >= 0.3 is 6.09 Å². The van der Waals surface area contributed by atoms with Crippen molar-refractivity contribution in [2.45, 2.75) is 51.2 Å². The van der Waals surface area contributed by atoms with E-state index in [1.54, 1.807) is 24.3 Å². The quantitative estimate of drug-likeness (QED) is 0.489. The smallest absolute Gasteiger partial charge is 0.410 e. The third-order valence-corrected chi connectivity index (χ3v) is 7.02. The molecule has 2 aromatic heterocycles. The van der Waals surface area contributed by atoms with E-state index >= 15 is 0 Å². The number of hydrogen-bond donors (Lipinski definition) is 2. The van der Waals surface area contributed by atoms with Crippen LogP contribution in [0.3, 0.4) is 0 Å². The second-order valence-corrected chi connectivity index (χ2v) is 10.5. The number of benzene rings is 1. The summed E-state index contributed by atoms with van der Waals surface area (Å²) in [6, 6.07) is 7.87. The molecule has 0 unspecified atom stereocenters. The highest BCUT2D eigenvalue weighted by Crippen LogP contribution is 2.34. The van der Waals surface area contributed by atoms with E-state index in [9.17, 15) is 9.90 Å². The molecule has 2 fully saturated rings. The van der Waals surface area contributed by atoms with Crippen LogP contribution in [0.5, 0.6) is 5.75 Å². The second-order valence-electron chi connectivity index (χ2n) is 10.5. The first kappa shape index (κ1) is 25.0. The summed E-state index contributed by atoms with van der Waals surface area (Å²) >= 11 is 0. The number of cyclic esters (lactones) is 1. The number of anilines is 3. The first-order valence-electron chi connectivity index (χ1n) is 12.7. The predicted octanol–water partition coefficient (Wildman–Crippen LogP) is 4.07. The van der Waals surface area contributed by atoms with E-state index in [0.29, 0.717) is 61.7 Å². The molecule has 0 spiro atoms. The molecule has 196 valence electrons. The number of carbonyl (C=O) groups excluding carboxylic acids is 1. The van der Waals surface area contributed by atoms with Crippen LogP contribution in [0.1, 0.15) is 45.1 Å². The molecule has 5 rings (SSSR count). The van der Waals surface area contributed by atoms with Crippen molar-refractivity contribution in [1.82, 2.24) is 19.9 Å². The summed E-state index contributed by atoms with van der Waals surface area (Å²) in [5.41, 5.74) is 0.555. The Labute approximate surface area is 216 Å². The van der Waals surface area contributed by atoms with Crippen LogP contribution in [-0.2, 0) is 4.74 Å². The number of fused-ring (bicyclic) bond motifs is 1. The van der Waals surface area contributed by atoms with Crippen molar-refractivity contribution in [3.63, 3.8) is 0 Å². The van der Waals surface area contributed by atoms with Gasteiger partial charge in [0.15, 0.2) is 6.10 Å². The summed E-state index contributed by atoms with van der Waals surface area (Å²) in [7, 11) is 1.71. The van der Waals surface area contributed by atoms with E-state index in [4.69, 9.17) is 14.5 Å². The lowest BCUT2D eigenvalue weighted by Crippen LogP contribution is -2.43. The maximum absolute atomic E-state index is 11.7. The molecule has 0 saturated carbocycles. The monoisotopic (exact) mass is 506 g/mol. The molecule has 10 heteroatoms. The number of likely N-dealkylation sites (N-methyl/N-ethyl adjacent to an activating group) is 1. The molecular weight excluding hydrogens is 472 g/mol. The maximum Gasteiger partial charge on any atom is 0.410 e. The molecule has 0 radical (unpaired) electrons. The van der Waals surface area contributed by atoms with Crippen molar-refractivity contribution in [3.8, 4) is 5.75 Å². The zero-order valence-electron chi connectivity index (χ0n) is 21.8. The summed E-state index contributed by atoms with van der Waals surface area (Å²) < 4.78 is 11.4. The number of pyridine rings is 1. The molecule has 10 nitrogen and oxygen atoms in total. The fourth-order valence-corrected chi connectivity index (χ4v) is 4.74. The van der Waals surface area contributed by atoms with Gasteiger partial charge in [0.05, 0.1) is 12.1 Å². The van der Waals surface area contributed by atoms with Crippen molar-refractivity contribution in [2.24, 2.45) is 0 Å². The van der Waals surface area contributed by atoms with Gasteiger partial charge in [0.25, 0.3) is 0 Å². The number of piperidine rings is 1. The van der Waals surface area contributed by atoms with Gasteiger partial charge < -0.3 is 29.7 Å². The number of carbonyl (C=O) groups is 1. The Kier molecular flexibility index (Phi) is 6.76. The molecule has 2 N–H and O–H groups in total. The maximum atomic E-state index is 11.7. The summed E-state index contributed by atoms with van der Waals surface area (Å²) in [4.78, 5) is 29.1. The third kappa shape index (κ3) is 5.53. The van der Waals surface area contributed by atoms with E-state index in [1.807, 2.05) is 25.1 Å². The number of ether oxygens (including phenoxy) is 2. The summed E-state index contributed by atoms with van der Waals surface area (Å²) in [5.74, 6) is 2.97. The first-order valence-corrected chi connectivity index (χ1v) is 12.7. The lowest BCUT2D eigenvalue weighted by Gasteiger charge is -2.35. The Hall–Kier alpha value is -3.66. The molecule has 1 atom stereocenters. The molecule has 2 saturated heterocycles. The minimum atomic E-state index is -0.629. The number of aromatic nitrogens is 3. The third-order valence-electron chi connectivity index (χ3n) is 7.02. The highest BCUT2D eigenvalue weighted by atomic mass is 16.6. The number of rotatable bonds is 7. The molecule has 37 heavy (non-hydrogen) atoms. The summed E-state index contributed by atoms with van der Waals surface area (Å²) in [5, 5.41) is 15.5. The Morgan fingerprint density at radius 3 is 2.68 bits per heavy atom. The van der Waals surface area contributed by atoms with Crippen molar-refractivity contribution in [1.29, 1.82) is 0 Å². The van der Waals surface area contributed by atoms with Crippen molar-refractivity contribution >= 4 is 34.4 Å². The van der Waals surface area contributed by atoms with E-state index in [1.165, 1.54) is 5.56 Å². The molecular formula is C27H34N6O4. The zero-order chi connectivity index (χ0) is 26.2. The van der Waals surface area contributed by atoms with Crippen LogP contribution in [0, 0.1) is 0 Å². The highest BCUT2D eigenvalue weighted by molar-refractivity contribution is 5.92. The van der Waals surface area contributed by atoms with Crippen LogP contribution in [0.15, 0.2) is 36.7 Å². The van der Waals surface area contributed by atoms with Gasteiger partial charge in [-0.05, 0) is 54.8 Å². The molecule has 4 heterocycles. The van der Waals surface area contributed by atoms with Gasteiger partial charge in [0, 0.05) is 37.9 Å². The Bertz CT molecular complexity index is 1290. The van der Waals surface area contributed by atoms with E-state index < -0.39 is 5.60 Å². The topological polar surface area (TPSA) is 113 Å². The average molecular weight is 507 g/mol. The van der Waals surface area contributed by atoms with Crippen LogP contribution in [0.25, 0.3) is 10.8 Å². The molecule has 2 aliphatic rings. The first-order chi connectivity index (χ1) is 17.7. The van der Waals surface area contributed by atoms with Gasteiger partial charge in [-0.1, -0.05) is 19.9 Å². The lowest BCUT2D eigenvalue weighted by molar-refractivity contribution is 0.0349. The number of nitrogens with zero attached hydrogens (tertiary/aromatic N) is 5. The second kappa shape index (κ2) is 10.0. The Morgan fingerprint density at radius 2 is 1.97 bits per heavy atom. The number of hydrogen-bond acceptors (Lipinski definition) is 9. The van der Waals surface area contributed by atoms with Crippen LogP contribution in [0.4, 0.5) is 22.4 Å².